The summed E-state index contributed by atoms with van der Waals surface area (Å²) in [4.78, 5) is 0. The highest BCUT2D eigenvalue weighted by molar-refractivity contribution is 5.24. The van der Waals surface area contributed by atoms with E-state index in [1.165, 1.54) is 24.0 Å². The average molecular weight is 261 g/mol. The van der Waals surface area contributed by atoms with Crippen LogP contribution in [0.4, 0.5) is 0 Å². The smallest absolute Gasteiger partial charge is 0.0509 e. The summed E-state index contributed by atoms with van der Waals surface area (Å²) in [5, 5.41) is 3.72. The number of benzene rings is 1. The fourth-order valence-electron chi connectivity index (χ4n) is 2.83. The zero-order chi connectivity index (χ0) is 13.7. The van der Waals surface area contributed by atoms with Crippen LogP contribution in [0.25, 0.3) is 0 Å². The van der Waals surface area contributed by atoms with E-state index >= 15 is 0 Å². The quantitative estimate of drug-likeness (QED) is 0.872. The van der Waals surface area contributed by atoms with Crippen LogP contribution < -0.4 is 5.32 Å². The zero-order valence-electron chi connectivity index (χ0n) is 12.5. The summed E-state index contributed by atoms with van der Waals surface area (Å²) in [5.74, 6) is 0.658. The standard InChI is InChI=1S/C17H27NO/c1-4-15-7-9-16(10-8-15)13(2)18-14(3)17-6-5-11-19-12-17/h7-10,13-14,17-18H,4-6,11-12H2,1-3H3/t13-,14-,17-/m0/s1. The van der Waals surface area contributed by atoms with Gasteiger partial charge in [-0.1, -0.05) is 31.2 Å². The van der Waals surface area contributed by atoms with Crippen molar-refractivity contribution in [1.29, 1.82) is 0 Å². The minimum absolute atomic E-state index is 0.405. The fourth-order valence-corrected chi connectivity index (χ4v) is 2.83. The van der Waals surface area contributed by atoms with Crippen LogP contribution in [0.15, 0.2) is 24.3 Å². The number of nitrogens with one attached hydrogen (secondary N) is 1. The maximum absolute atomic E-state index is 5.58. The average Bonchev–Trinajstić information content (AvgIpc) is 2.48. The third kappa shape index (κ3) is 4.05. The first-order valence-corrected chi connectivity index (χ1v) is 7.63. The van der Waals surface area contributed by atoms with E-state index in [4.69, 9.17) is 4.74 Å². The second-order valence-electron chi connectivity index (χ2n) is 5.75. The second-order valence-corrected chi connectivity index (χ2v) is 5.75. The van der Waals surface area contributed by atoms with Gasteiger partial charge in [0, 0.05) is 18.7 Å². The molecule has 1 aliphatic rings. The van der Waals surface area contributed by atoms with Gasteiger partial charge in [0.15, 0.2) is 0 Å². The summed E-state index contributed by atoms with van der Waals surface area (Å²) < 4.78 is 5.58. The Labute approximate surface area is 117 Å². The van der Waals surface area contributed by atoms with E-state index in [1.807, 2.05) is 0 Å². The molecule has 3 atom stereocenters. The molecule has 1 N–H and O–H groups in total. The molecular weight excluding hydrogens is 234 g/mol. The van der Waals surface area contributed by atoms with Gasteiger partial charge in [-0.25, -0.2) is 0 Å². The Morgan fingerprint density at radius 1 is 1.26 bits per heavy atom. The van der Waals surface area contributed by atoms with Crippen molar-refractivity contribution < 1.29 is 4.74 Å². The molecule has 2 nitrogen and oxygen atoms in total. The van der Waals surface area contributed by atoms with Crippen LogP contribution in [0, 0.1) is 5.92 Å². The van der Waals surface area contributed by atoms with Crippen molar-refractivity contribution in [2.24, 2.45) is 5.92 Å². The van der Waals surface area contributed by atoms with Gasteiger partial charge in [-0.05, 0) is 50.2 Å². The number of ether oxygens (including phenoxy) is 1. The van der Waals surface area contributed by atoms with E-state index in [1.54, 1.807) is 0 Å². The molecule has 0 amide bonds. The molecule has 1 heterocycles. The number of hydrogen-bond donors (Lipinski definition) is 1. The molecule has 0 saturated carbocycles. The minimum Gasteiger partial charge on any atom is -0.381 e. The maximum Gasteiger partial charge on any atom is 0.0509 e. The van der Waals surface area contributed by atoms with Crippen molar-refractivity contribution in [2.45, 2.75) is 52.1 Å². The molecule has 0 aliphatic carbocycles. The topological polar surface area (TPSA) is 21.3 Å². The molecule has 106 valence electrons. The predicted octanol–water partition coefficient (Wildman–Crippen LogP) is 3.71. The van der Waals surface area contributed by atoms with Crippen molar-refractivity contribution in [2.75, 3.05) is 13.2 Å². The van der Waals surface area contributed by atoms with Gasteiger partial charge in [0.1, 0.15) is 0 Å². The van der Waals surface area contributed by atoms with Crippen LogP contribution in [-0.2, 0) is 11.2 Å². The van der Waals surface area contributed by atoms with Crippen LogP contribution in [-0.4, -0.2) is 19.3 Å². The SMILES string of the molecule is CCc1ccc([C@H](C)N[C@@H](C)[C@H]2CCCOC2)cc1. The maximum atomic E-state index is 5.58. The Bertz CT molecular complexity index is 367. The molecule has 0 bridgehead atoms. The third-order valence-corrected chi connectivity index (χ3v) is 4.30. The normalized spacial score (nSPS) is 23.0. The van der Waals surface area contributed by atoms with E-state index in [-0.39, 0.29) is 0 Å². The first kappa shape index (κ1) is 14.5. The van der Waals surface area contributed by atoms with Crippen molar-refractivity contribution in [3.8, 4) is 0 Å². The summed E-state index contributed by atoms with van der Waals surface area (Å²) in [6.07, 6.45) is 3.60. The Balaban J connectivity index is 1.89. The summed E-state index contributed by atoms with van der Waals surface area (Å²) >= 11 is 0. The summed E-state index contributed by atoms with van der Waals surface area (Å²) in [5.41, 5.74) is 2.78. The van der Waals surface area contributed by atoms with Crippen LogP contribution in [0.3, 0.4) is 0 Å². The Morgan fingerprint density at radius 2 is 2.00 bits per heavy atom. The highest BCUT2D eigenvalue weighted by atomic mass is 16.5. The van der Waals surface area contributed by atoms with Gasteiger partial charge in [0.05, 0.1) is 6.61 Å². The van der Waals surface area contributed by atoms with Crippen molar-refractivity contribution in [3.05, 3.63) is 35.4 Å². The van der Waals surface area contributed by atoms with Gasteiger partial charge in [-0.3, -0.25) is 0 Å². The lowest BCUT2D eigenvalue weighted by Crippen LogP contribution is -2.39. The molecule has 1 aromatic rings. The van der Waals surface area contributed by atoms with Crippen molar-refractivity contribution in [3.63, 3.8) is 0 Å². The van der Waals surface area contributed by atoms with Gasteiger partial charge in [-0.2, -0.15) is 0 Å². The molecule has 1 aliphatic heterocycles. The molecule has 19 heavy (non-hydrogen) atoms. The van der Waals surface area contributed by atoms with Crippen LogP contribution >= 0.6 is 0 Å². The molecule has 0 radical (unpaired) electrons. The number of aryl methyl sites for hydroxylation is 1. The number of hydrogen-bond acceptors (Lipinski definition) is 2. The molecule has 2 heteroatoms. The van der Waals surface area contributed by atoms with Gasteiger partial charge < -0.3 is 10.1 Å². The van der Waals surface area contributed by atoms with Crippen LogP contribution in [0.5, 0.6) is 0 Å². The molecule has 1 saturated heterocycles. The fraction of sp³-hybridized carbons (Fsp3) is 0.647. The molecule has 0 spiro atoms. The zero-order valence-corrected chi connectivity index (χ0v) is 12.5. The lowest BCUT2D eigenvalue weighted by atomic mass is 9.93. The Hall–Kier alpha value is -0.860. The largest absolute Gasteiger partial charge is 0.381 e. The van der Waals surface area contributed by atoms with Crippen LogP contribution in [0.1, 0.15) is 50.8 Å². The first-order chi connectivity index (χ1) is 9.20. The monoisotopic (exact) mass is 261 g/mol. The second kappa shape index (κ2) is 7.06. The Kier molecular flexibility index (Phi) is 5.41. The van der Waals surface area contributed by atoms with Crippen LogP contribution in [0.2, 0.25) is 0 Å². The highest BCUT2D eigenvalue weighted by Gasteiger charge is 2.21. The van der Waals surface area contributed by atoms with Gasteiger partial charge in [-0.15, -0.1) is 0 Å². The van der Waals surface area contributed by atoms with Crippen molar-refractivity contribution in [1.82, 2.24) is 5.32 Å². The molecule has 0 unspecified atom stereocenters. The molecule has 1 aromatic carbocycles. The van der Waals surface area contributed by atoms with E-state index in [9.17, 15) is 0 Å². The Morgan fingerprint density at radius 3 is 2.58 bits per heavy atom. The summed E-state index contributed by atoms with van der Waals surface area (Å²) in [6, 6.07) is 9.90. The van der Waals surface area contributed by atoms with E-state index in [2.05, 4.69) is 50.4 Å². The number of rotatable bonds is 5. The molecular formula is C17H27NO. The minimum atomic E-state index is 0.405. The molecule has 1 fully saturated rings. The summed E-state index contributed by atoms with van der Waals surface area (Å²) in [7, 11) is 0. The lowest BCUT2D eigenvalue weighted by molar-refractivity contribution is 0.0405. The van der Waals surface area contributed by atoms with Gasteiger partial charge >= 0.3 is 0 Å². The van der Waals surface area contributed by atoms with E-state index < -0.39 is 0 Å². The highest BCUT2D eigenvalue weighted by Crippen LogP contribution is 2.21. The lowest BCUT2D eigenvalue weighted by Gasteiger charge is -2.30. The molecule has 2 rings (SSSR count). The van der Waals surface area contributed by atoms with Gasteiger partial charge in [0.25, 0.3) is 0 Å². The van der Waals surface area contributed by atoms with Gasteiger partial charge in [0.2, 0.25) is 0 Å². The predicted molar refractivity (Wildman–Crippen MR) is 80.4 cm³/mol. The third-order valence-electron chi connectivity index (χ3n) is 4.30. The summed E-state index contributed by atoms with van der Waals surface area (Å²) in [6.45, 7) is 8.59. The molecule has 0 aromatic heterocycles. The van der Waals surface area contributed by atoms with E-state index in [0.29, 0.717) is 18.0 Å². The van der Waals surface area contributed by atoms with E-state index in [0.717, 1.165) is 19.6 Å². The first-order valence-electron chi connectivity index (χ1n) is 7.63. The van der Waals surface area contributed by atoms with Crippen molar-refractivity contribution >= 4 is 0 Å².